The van der Waals surface area contributed by atoms with Crippen molar-refractivity contribution in [1.29, 1.82) is 0 Å². The number of para-hydroxylation sites is 1. The summed E-state index contributed by atoms with van der Waals surface area (Å²) in [6, 6.07) is 44.0. The molecule has 0 radical (unpaired) electrons. The van der Waals surface area contributed by atoms with Crippen molar-refractivity contribution >= 4 is 80.0 Å². The van der Waals surface area contributed by atoms with Crippen LogP contribution in [0.2, 0.25) is 0 Å². The van der Waals surface area contributed by atoms with Gasteiger partial charge < -0.3 is 4.57 Å². The lowest BCUT2D eigenvalue weighted by Crippen LogP contribution is -1.94. The van der Waals surface area contributed by atoms with Crippen molar-refractivity contribution < 1.29 is 0 Å². The number of hydrogen-bond acceptors (Lipinski definition) is 1. The molecule has 0 bridgehead atoms. The highest BCUT2D eigenvalue weighted by atomic mass is 79.9. The van der Waals surface area contributed by atoms with Gasteiger partial charge in [-0.15, -0.1) is 11.3 Å². The summed E-state index contributed by atoms with van der Waals surface area (Å²) in [5.41, 5.74) is 6.19. The Balaban J connectivity index is 1.63. The Bertz CT molecular complexity index is 2140. The molecule has 1 nitrogen and oxygen atoms in total. The van der Waals surface area contributed by atoms with Crippen LogP contribution in [0.1, 0.15) is 0 Å². The van der Waals surface area contributed by atoms with Crippen LogP contribution in [0.4, 0.5) is 0 Å². The zero-order valence-electron chi connectivity index (χ0n) is 19.8. The molecule has 0 aliphatic carbocycles. The smallest absolute Gasteiger partial charge is 0.0634 e. The standard InChI is InChI=1S/C34H20BrNS/c35-23-16-17-29-27(20-23)32-33(36(29)24-11-5-2-6-12-24)26-14-8-7-13-25(26)31-28-19-22(21-9-3-1-4-10-21)15-18-30(28)37-34(31)32/h1-20H. The van der Waals surface area contributed by atoms with Crippen molar-refractivity contribution in [1.82, 2.24) is 4.57 Å². The molecule has 6 aromatic carbocycles. The normalized spacial score (nSPS) is 11.9. The number of hydrogen-bond donors (Lipinski definition) is 0. The van der Waals surface area contributed by atoms with Crippen molar-refractivity contribution in [2.24, 2.45) is 0 Å². The van der Waals surface area contributed by atoms with Gasteiger partial charge in [-0.05, 0) is 59.0 Å². The lowest BCUT2D eigenvalue weighted by atomic mass is 9.97. The highest BCUT2D eigenvalue weighted by Gasteiger charge is 2.21. The van der Waals surface area contributed by atoms with Crippen LogP contribution in [0, 0.1) is 0 Å². The van der Waals surface area contributed by atoms with Crippen LogP contribution in [-0.4, -0.2) is 4.57 Å². The summed E-state index contributed by atoms with van der Waals surface area (Å²) >= 11 is 5.67. The average Bonchev–Trinajstić information content (AvgIpc) is 3.50. The van der Waals surface area contributed by atoms with E-state index in [1.807, 2.05) is 11.3 Å². The molecular weight excluding hydrogens is 534 g/mol. The Morgan fingerprint density at radius 1 is 0.541 bits per heavy atom. The van der Waals surface area contributed by atoms with Crippen molar-refractivity contribution in [3.63, 3.8) is 0 Å². The molecule has 8 aromatic rings. The Hall–Kier alpha value is -3.92. The molecule has 2 aromatic heterocycles. The summed E-state index contributed by atoms with van der Waals surface area (Å²) < 4.78 is 6.22. The predicted molar refractivity (Wildman–Crippen MR) is 164 cm³/mol. The molecular formula is C34H20BrNS. The summed E-state index contributed by atoms with van der Waals surface area (Å²) in [5.74, 6) is 0. The van der Waals surface area contributed by atoms with Crippen molar-refractivity contribution in [2.75, 3.05) is 0 Å². The average molecular weight is 555 g/mol. The Morgan fingerprint density at radius 2 is 1.27 bits per heavy atom. The molecule has 37 heavy (non-hydrogen) atoms. The van der Waals surface area contributed by atoms with Gasteiger partial charge >= 0.3 is 0 Å². The third-order valence-electron chi connectivity index (χ3n) is 7.42. The SMILES string of the molecule is Brc1ccc2c(c1)c1c3sc4ccc(-c5ccccc5)cc4c3c3ccccc3c1n2-c1ccccc1. The lowest BCUT2D eigenvalue weighted by Gasteiger charge is -2.11. The van der Waals surface area contributed by atoms with Crippen LogP contribution in [-0.2, 0) is 0 Å². The largest absolute Gasteiger partial charge is 0.309 e. The van der Waals surface area contributed by atoms with E-state index in [2.05, 4.69) is 142 Å². The van der Waals surface area contributed by atoms with Gasteiger partial charge in [0.05, 0.1) is 11.0 Å². The number of halogens is 1. The van der Waals surface area contributed by atoms with E-state index in [-0.39, 0.29) is 0 Å². The topological polar surface area (TPSA) is 4.93 Å². The Labute approximate surface area is 226 Å². The van der Waals surface area contributed by atoms with Gasteiger partial charge in [-0.2, -0.15) is 0 Å². The molecule has 2 heterocycles. The van der Waals surface area contributed by atoms with Gasteiger partial charge in [0.1, 0.15) is 0 Å². The third kappa shape index (κ3) is 3.08. The first kappa shape index (κ1) is 21.2. The molecule has 0 unspecified atom stereocenters. The minimum Gasteiger partial charge on any atom is -0.309 e. The van der Waals surface area contributed by atoms with E-state index in [1.165, 1.54) is 69.6 Å². The number of rotatable bonds is 2. The molecule has 0 saturated heterocycles. The fourth-order valence-corrected chi connectivity index (χ4v) is 7.47. The van der Waals surface area contributed by atoms with Crippen LogP contribution in [0.3, 0.4) is 0 Å². The second kappa shape index (κ2) is 8.04. The molecule has 0 N–H and O–H groups in total. The number of nitrogens with zero attached hydrogens (tertiary/aromatic N) is 1. The molecule has 0 saturated carbocycles. The number of aromatic nitrogens is 1. The van der Waals surface area contributed by atoms with Crippen LogP contribution < -0.4 is 0 Å². The summed E-state index contributed by atoms with van der Waals surface area (Å²) in [5, 5.41) is 7.88. The van der Waals surface area contributed by atoms with Gasteiger partial charge in [0.2, 0.25) is 0 Å². The molecule has 0 spiro atoms. The van der Waals surface area contributed by atoms with Gasteiger partial charge in [0, 0.05) is 46.5 Å². The molecule has 0 fully saturated rings. The molecule has 0 atom stereocenters. The molecule has 8 rings (SSSR count). The first-order chi connectivity index (χ1) is 18.3. The highest BCUT2D eigenvalue weighted by molar-refractivity contribution is 9.10. The monoisotopic (exact) mass is 553 g/mol. The Morgan fingerprint density at radius 3 is 2.08 bits per heavy atom. The first-order valence-electron chi connectivity index (χ1n) is 12.4. The maximum absolute atomic E-state index is 3.76. The predicted octanol–water partition coefficient (Wildman–Crippen LogP) is 10.7. The summed E-state index contributed by atoms with van der Waals surface area (Å²) in [6.07, 6.45) is 0. The zero-order valence-corrected chi connectivity index (χ0v) is 22.2. The fraction of sp³-hybridized carbons (Fsp3) is 0. The number of fused-ring (bicyclic) bond motifs is 10. The number of thiophene rings is 1. The fourth-order valence-electron chi connectivity index (χ4n) is 5.85. The zero-order chi connectivity index (χ0) is 24.5. The third-order valence-corrected chi connectivity index (χ3v) is 9.10. The van der Waals surface area contributed by atoms with Gasteiger partial charge in [0.15, 0.2) is 0 Å². The second-order valence-electron chi connectivity index (χ2n) is 9.48. The van der Waals surface area contributed by atoms with Crippen LogP contribution in [0.5, 0.6) is 0 Å². The summed E-state index contributed by atoms with van der Waals surface area (Å²) in [4.78, 5) is 0. The van der Waals surface area contributed by atoms with Gasteiger partial charge in [-0.1, -0.05) is 94.8 Å². The van der Waals surface area contributed by atoms with Gasteiger partial charge in [0.25, 0.3) is 0 Å². The molecule has 0 aliphatic heterocycles. The quantitative estimate of drug-likeness (QED) is 0.200. The molecule has 0 amide bonds. The maximum Gasteiger partial charge on any atom is 0.0634 e. The minimum atomic E-state index is 1.10. The highest BCUT2D eigenvalue weighted by Crippen LogP contribution is 2.48. The van der Waals surface area contributed by atoms with E-state index in [9.17, 15) is 0 Å². The summed E-state index contributed by atoms with van der Waals surface area (Å²) in [6.45, 7) is 0. The van der Waals surface area contributed by atoms with Crippen molar-refractivity contribution in [3.8, 4) is 16.8 Å². The molecule has 3 heteroatoms. The van der Waals surface area contributed by atoms with Crippen LogP contribution in [0.25, 0.3) is 69.6 Å². The van der Waals surface area contributed by atoms with E-state index >= 15 is 0 Å². The minimum absolute atomic E-state index is 1.10. The Kier molecular flexibility index (Phi) is 4.61. The summed E-state index contributed by atoms with van der Waals surface area (Å²) in [7, 11) is 0. The van der Waals surface area contributed by atoms with Crippen molar-refractivity contribution in [2.45, 2.75) is 0 Å². The first-order valence-corrected chi connectivity index (χ1v) is 14.0. The lowest BCUT2D eigenvalue weighted by molar-refractivity contribution is 1.19. The van der Waals surface area contributed by atoms with Gasteiger partial charge in [-0.25, -0.2) is 0 Å². The second-order valence-corrected chi connectivity index (χ2v) is 11.5. The van der Waals surface area contributed by atoms with E-state index in [4.69, 9.17) is 0 Å². The van der Waals surface area contributed by atoms with Crippen molar-refractivity contribution in [3.05, 3.63) is 126 Å². The maximum atomic E-state index is 3.76. The molecule has 0 aliphatic rings. The van der Waals surface area contributed by atoms with E-state index < -0.39 is 0 Å². The number of benzene rings is 6. The van der Waals surface area contributed by atoms with Crippen LogP contribution >= 0.6 is 27.3 Å². The molecule has 174 valence electrons. The van der Waals surface area contributed by atoms with Crippen LogP contribution in [0.15, 0.2) is 126 Å². The van der Waals surface area contributed by atoms with E-state index in [0.717, 1.165) is 4.47 Å². The van der Waals surface area contributed by atoms with E-state index in [0.29, 0.717) is 0 Å². The van der Waals surface area contributed by atoms with E-state index in [1.54, 1.807) is 0 Å². The van der Waals surface area contributed by atoms with Gasteiger partial charge in [-0.3, -0.25) is 0 Å².